The molecule has 0 aliphatic heterocycles. The van der Waals surface area contributed by atoms with Gasteiger partial charge in [-0.05, 0) is 19.1 Å². The average molecular weight is 317 g/mol. The standard InChI is InChI=1S/C16H19N3O4/c1-12-11-14(19-23-12)18-16(21)7-9-17-15(20)8-10-22-13-5-3-2-4-6-13/h2-6,11H,7-10H2,1H3,(H,17,20)(H,18,19,21). The van der Waals surface area contributed by atoms with E-state index in [4.69, 9.17) is 9.26 Å². The number of nitrogens with one attached hydrogen (secondary N) is 2. The van der Waals surface area contributed by atoms with Crippen LogP contribution in [0.4, 0.5) is 5.82 Å². The van der Waals surface area contributed by atoms with E-state index >= 15 is 0 Å². The Morgan fingerprint density at radius 1 is 1.17 bits per heavy atom. The smallest absolute Gasteiger partial charge is 0.227 e. The van der Waals surface area contributed by atoms with E-state index in [1.54, 1.807) is 13.0 Å². The number of hydrogen-bond acceptors (Lipinski definition) is 5. The van der Waals surface area contributed by atoms with Gasteiger partial charge in [0.25, 0.3) is 0 Å². The molecule has 7 heteroatoms. The average Bonchev–Trinajstić information content (AvgIpc) is 2.93. The lowest BCUT2D eigenvalue weighted by molar-refractivity contribution is -0.121. The molecule has 1 aromatic carbocycles. The van der Waals surface area contributed by atoms with Crippen molar-refractivity contribution in [1.82, 2.24) is 10.5 Å². The van der Waals surface area contributed by atoms with Crippen molar-refractivity contribution < 1.29 is 18.8 Å². The second-order valence-corrected chi connectivity index (χ2v) is 4.88. The Labute approximate surface area is 134 Å². The molecule has 7 nitrogen and oxygen atoms in total. The number of aryl methyl sites for hydroxylation is 1. The summed E-state index contributed by atoms with van der Waals surface area (Å²) in [5, 5.41) is 8.91. The number of hydrogen-bond donors (Lipinski definition) is 2. The third-order valence-corrected chi connectivity index (χ3v) is 2.91. The highest BCUT2D eigenvalue weighted by molar-refractivity contribution is 5.90. The first kappa shape index (κ1) is 16.5. The fourth-order valence-corrected chi connectivity index (χ4v) is 1.81. The summed E-state index contributed by atoms with van der Waals surface area (Å²) in [4.78, 5) is 23.3. The zero-order valence-corrected chi connectivity index (χ0v) is 12.9. The Kier molecular flexibility index (Phi) is 6.17. The molecule has 2 amide bonds. The van der Waals surface area contributed by atoms with Gasteiger partial charge in [-0.3, -0.25) is 9.59 Å². The summed E-state index contributed by atoms with van der Waals surface area (Å²) in [6, 6.07) is 10.9. The van der Waals surface area contributed by atoms with E-state index in [0.29, 0.717) is 18.2 Å². The molecule has 0 saturated heterocycles. The minimum absolute atomic E-state index is 0.161. The highest BCUT2D eigenvalue weighted by Crippen LogP contribution is 2.08. The minimum atomic E-state index is -0.237. The van der Waals surface area contributed by atoms with Gasteiger partial charge in [-0.15, -0.1) is 0 Å². The number of para-hydroxylation sites is 1. The van der Waals surface area contributed by atoms with Crippen molar-refractivity contribution in [3.05, 3.63) is 42.2 Å². The Bertz CT molecular complexity index is 640. The van der Waals surface area contributed by atoms with Gasteiger partial charge in [0.05, 0.1) is 13.0 Å². The van der Waals surface area contributed by atoms with E-state index < -0.39 is 0 Å². The number of nitrogens with zero attached hydrogens (tertiary/aromatic N) is 1. The first-order valence-corrected chi connectivity index (χ1v) is 7.31. The fourth-order valence-electron chi connectivity index (χ4n) is 1.81. The number of carbonyl (C=O) groups excluding carboxylic acids is 2. The van der Waals surface area contributed by atoms with Crippen molar-refractivity contribution in [2.75, 3.05) is 18.5 Å². The molecule has 122 valence electrons. The molecule has 1 heterocycles. The highest BCUT2D eigenvalue weighted by Gasteiger charge is 2.07. The summed E-state index contributed by atoms with van der Waals surface area (Å²) < 4.78 is 10.3. The largest absolute Gasteiger partial charge is 0.493 e. The van der Waals surface area contributed by atoms with Crippen LogP contribution in [0.5, 0.6) is 5.75 Å². The van der Waals surface area contributed by atoms with Gasteiger partial charge in [0.1, 0.15) is 11.5 Å². The third kappa shape index (κ3) is 6.21. The van der Waals surface area contributed by atoms with E-state index in [1.807, 2.05) is 30.3 Å². The number of anilines is 1. The number of rotatable bonds is 8. The molecular weight excluding hydrogens is 298 g/mol. The van der Waals surface area contributed by atoms with Crippen LogP contribution in [0.3, 0.4) is 0 Å². The number of ether oxygens (including phenoxy) is 1. The topological polar surface area (TPSA) is 93.5 Å². The summed E-state index contributed by atoms with van der Waals surface area (Å²) in [5.74, 6) is 1.31. The van der Waals surface area contributed by atoms with Gasteiger partial charge in [0, 0.05) is 19.0 Å². The summed E-state index contributed by atoms with van der Waals surface area (Å²) in [6.45, 7) is 2.29. The number of aromatic nitrogens is 1. The molecule has 0 spiro atoms. The van der Waals surface area contributed by atoms with Crippen molar-refractivity contribution >= 4 is 17.6 Å². The highest BCUT2D eigenvalue weighted by atomic mass is 16.5. The Balaban J connectivity index is 1.56. The van der Waals surface area contributed by atoms with Crippen molar-refractivity contribution in [2.24, 2.45) is 0 Å². The summed E-state index contributed by atoms with van der Waals surface area (Å²) in [6.07, 6.45) is 0.399. The maximum absolute atomic E-state index is 11.6. The zero-order valence-electron chi connectivity index (χ0n) is 12.9. The van der Waals surface area contributed by atoms with Crippen molar-refractivity contribution in [3.8, 4) is 5.75 Å². The first-order chi connectivity index (χ1) is 11.1. The molecule has 0 bridgehead atoms. The van der Waals surface area contributed by atoms with Gasteiger partial charge in [-0.1, -0.05) is 23.4 Å². The molecule has 0 fully saturated rings. The van der Waals surface area contributed by atoms with Crippen LogP contribution in [0.1, 0.15) is 18.6 Å². The molecule has 0 aliphatic carbocycles. The predicted octanol–water partition coefficient (Wildman–Crippen LogP) is 1.90. The predicted molar refractivity (Wildman–Crippen MR) is 84.1 cm³/mol. The maximum atomic E-state index is 11.6. The summed E-state index contributed by atoms with van der Waals surface area (Å²) in [7, 11) is 0. The van der Waals surface area contributed by atoms with Crippen LogP contribution in [0.15, 0.2) is 40.9 Å². The van der Waals surface area contributed by atoms with Crippen molar-refractivity contribution in [3.63, 3.8) is 0 Å². The molecule has 0 saturated carbocycles. The van der Waals surface area contributed by atoms with Crippen molar-refractivity contribution in [2.45, 2.75) is 19.8 Å². The van der Waals surface area contributed by atoms with Gasteiger partial charge in [0.2, 0.25) is 11.8 Å². The lowest BCUT2D eigenvalue weighted by Crippen LogP contribution is -2.28. The first-order valence-electron chi connectivity index (χ1n) is 7.31. The number of amides is 2. The maximum Gasteiger partial charge on any atom is 0.227 e. The van der Waals surface area contributed by atoms with Crippen LogP contribution in [0.25, 0.3) is 0 Å². The van der Waals surface area contributed by atoms with E-state index in [1.165, 1.54) is 0 Å². The molecule has 23 heavy (non-hydrogen) atoms. The van der Waals surface area contributed by atoms with Gasteiger partial charge in [-0.25, -0.2) is 0 Å². The van der Waals surface area contributed by atoms with Gasteiger partial charge >= 0.3 is 0 Å². The van der Waals surface area contributed by atoms with Gasteiger partial charge in [0.15, 0.2) is 5.82 Å². The zero-order chi connectivity index (χ0) is 16.5. The van der Waals surface area contributed by atoms with Gasteiger partial charge in [-0.2, -0.15) is 0 Å². The normalized spacial score (nSPS) is 10.1. The molecule has 2 aromatic rings. The Morgan fingerprint density at radius 2 is 1.96 bits per heavy atom. The Morgan fingerprint density at radius 3 is 2.65 bits per heavy atom. The molecule has 2 N–H and O–H groups in total. The van der Waals surface area contributed by atoms with Crippen LogP contribution in [0.2, 0.25) is 0 Å². The van der Waals surface area contributed by atoms with Crippen LogP contribution in [0, 0.1) is 6.92 Å². The molecule has 0 aliphatic rings. The molecule has 2 rings (SSSR count). The van der Waals surface area contributed by atoms with E-state index in [9.17, 15) is 9.59 Å². The SMILES string of the molecule is Cc1cc(NC(=O)CCNC(=O)CCOc2ccccc2)no1. The third-order valence-electron chi connectivity index (χ3n) is 2.91. The molecular formula is C16H19N3O4. The summed E-state index contributed by atoms with van der Waals surface area (Å²) >= 11 is 0. The van der Waals surface area contributed by atoms with Crippen LogP contribution < -0.4 is 15.4 Å². The second kappa shape index (κ2) is 8.57. The van der Waals surface area contributed by atoms with Gasteiger partial charge < -0.3 is 19.9 Å². The molecule has 0 unspecified atom stereocenters. The van der Waals surface area contributed by atoms with E-state index in [0.717, 1.165) is 5.75 Å². The van der Waals surface area contributed by atoms with E-state index in [-0.39, 0.29) is 31.2 Å². The lowest BCUT2D eigenvalue weighted by atomic mass is 10.3. The number of benzene rings is 1. The quantitative estimate of drug-likeness (QED) is 0.775. The minimum Gasteiger partial charge on any atom is -0.493 e. The van der Waals surface area contributed by atoms with Crippen LogP contribution in [-0.2, 0) is 9.59 Å². The second-order valence-electron chi connectivity index (χ2n) is 4.88. The fraction of sp³-hybridized carbons (Fsp3) is 0.312. The molecule has 1 aromatic heterocycles. The number of carbonyl (C=O) groups is 2. The monoisotopic (exact) mass is 317 g/mol. The van der Waals surface area contributed by atoms with Crippen molar-refractivity contribution in [1.29, 1.82) is 0 Å². The van der Waals surface area contributed by atoms with Crippen LogP contribution in [-0.4, -0.2) is 30.1 Å². The summed E-state index contributed by atoms with van der Waals surface area (Å²) in [5.41, 5.74) is 0. The van der Waals surface area contributed by atoms with E-state index in [2.05, 4.69) is 15.8 Å². The molecule has 0 radical (unpaired) electrons. The lowest BCUT2D eigenvalue weighted by Gasteiger charge is -2.07. The Hall–Kier alpha value is -2.83. The molecule has 0 atom stereocenters. The van der Waals surface area contributed by atoms with Crippen LogP contribution >= 0.6 is 0 Å².